The monoisotopic (exact) mass is 447 g/mol. The van der Waals surface area contributed by atoms with Crippen molar-refractivity contribution in [3.63, 3.8) is 0 Å². The lowest BCUT2D eigenvalue weighted by Gasteiger charge is -2.26. The van der Waals surface area contributed by atoms with Gasteiger partial charge >= 0.3 is 0 Å². The lowest BCUT2D eigenvalue weighted by atomic mass is 9.93. The molecule has 170 valence electrons. The largest absolute Gasteiger partial charge is 0.496 e. The highest BCUT2D eigenvalue weighted by Gasteiger charge is 2.24. The van der Waals surface area contributed by atoms with Gasteiger partial charge in [-0.05, 0) is 30.7 Å². The summed E-state index contributed by atoms with van der Waals surface area (Å²) in [6.45, 7) is 4.67. The summed E-state index contributed by atoms with van der Waals surface area (Å²) in [5, 5.41) is 0.193. The smallest absolute Gasteiger partial charge is 0.194 e. The first-order chi connectivity index (χ1) is 16.1. The second kappa shape index (κ2) is 9.42. The van der Waals surface area contributed by atoms with E-state index in [2.05, 4.69) is 17.9 Å². The molecule has 1 aliphatic rings. The average Bonchev–Trinajstić information content (AvgIpc) is 2.86. The third-order valence-electron chi connectivity index (χ3n) is 6.07. The van der Waals surface area contributed by atoms with Crippen molar-refractivity contribution >= 4 is 29.1 Å². The second-order valence-corrected chi connectivity index (χ2v) is 7.75. The number of benzene rings is 2. The van der Waals surface area contributed by atoms with Gasteiger partial charge in [-0.1, -0.05) is 25.1 Å². The Balaban J connectivity index is 2.06. The topological polar surface area (TPSA) is 86.0 Å². The molecule has 0 radical (unpaired) electrons. The summed E-state index contributed by atoms with van der Waals surface area (Å²) in [5.74, 6) is 1.05. The zero-order chi connectivity index (χ0) is 23.5. The molecule has 3 aromatic rings. The van der Waals surface area contributed by atoms with Gasteiger partial charge in [-0.2, -0.15) is 0 Å². The molecule has 2 heterocycles. The van der Waals surface area contributed by atoms with E-state index in [1.54, 1.807) is 24.3 Å². The quantitative estimate of drug-likeness (QED) is 0.502. The van der Waals surface area contributed by atoms with E-state index in [0.29, 0.717) is 35.2 Å². The minimum absolute atomic E-state index is 0.193. The SMILES string of the molecule is CCN1CC=C(c2c(OC)cc(C=O)c3c(=O)cc(-c4cccc(OC)c4C=O)oc23)CC1. The molecule has 33 heavy (non-hydrogen) atoms. The Morgan fingerprint density at radius 2 is 1.88 bits per heavy atom. The van der Waals surface area contributed by atoms with Crippen LogP contribution in [0.25, 0.3) is 27.9 Å². The highest BCUT2D eigenvalue weighted by molar-refractivity contribution is 6.03. The number of hydrogen-bond acceptors (Lipinski definition) is 7. The first-order valence-electron chi connectivity index (χ1n) is 10.7. The van der Waals surface area contributed by atoms with Gasteiger partial charge < -0.3 is 13.9 Å². The van der Waals surface area contributed by atoms with Gasteiger partial charge in [-0.15, -0.1) is 0 Å². The molecule has 2 aromatic carbocycles. The molecule has 7 heteroatoms. The molecule has 1 aromatic heterocycles. The predicted molar refractivity (Wildman–Crippen MR) is 127 cm³/mol. The first kappa shape index (κ1) is 22.5. The van der Waals surface area contributed by atoms with Crippen molar-refractivity contribution in [2.24, 2.45) is 0 Å². The summed E-state index contributed by atoms with van der Waals surface area (Å²) in [6.07, 6.45) is 4.14. The van der Waals surface area contributed by atoms with Crippen molar-refractivity contribution in [3.8, 4) is 22.8 Å². The number of fused-ring (bicyclic) bond motifs is 1. The molecular formula is C26H25NO6. The van der Waals surface area contributed by atoms with E-state index in [1.165, 1.54) is 20.3 Å². The van der Waals surface area contributed by atoms with Crippen molar-refractivity contribution < 1.29 is 23.5 Å². The van der Waals surface area contributed by atoms with Gasteiger partial charge in [0.25, 0.3) is 0 Å². The lowest BCUT2D eigenvalue weighted by molar-refractivity contribution is 0.111. The Morgan fingerprint density at radius 3 is 2.48 bits per heavy atom. The molecule has 7 nitrogen and oxygen atoms in total. The number of ether oxygens (including phenoxy) is 2. The summed E-state index contributed by atoms with van der Waals surface area (Å²) >= 11 is 0. The number of aldehydes is 2. The number of hydrogen-bond donors (Lipinski definition) is 0. The van der Waals surface area contributed by atoms with Gasteiger partial charge in [0.2, 0.25) is 0 Å². The molecule has 4 rings (SSSR count). The van der Waals surface area contributed by atoms with Gasteiger partial charge in [-0.25, -0.2) is 0 Å². The Morgan fingerprint density at radius 1 is 1.09 bits per heavy atom. The van der Waals surface area contributed by atoms with Crippen LogP contribution in [0.4, 0.5) is 0 Å². The fourth-order valence-electron chi connectivity index (χ4n) is 4.32. The van der Waals surface area contributed by atoms with Crippen LogP contribution in [0, 0.1) is 0 Å². The Hall–Kier alpha value is -3.71. The predicted octanol–water partition coefficient (Wildman–Crippen LogP) is 4.21. The van der Waals surface area contributed by atoms with Crippen LogP contribution < -0.4 is 14.9 Å². The van der Waals surface area contributed by atoms with Crippen molar-refractivity contribution in [1.82, 2.24) is 4.90 Å². The van der Waals surface area contributed by atoms with Crippen molar-refractivity contribution in [2.45, 2.75) is 13.3 Å². The first-order valence-corrected chi connectivity index (χ1v) is 10.7. The fourth-order valence-corrected chi connectivity index (χ4v) is 4.32. The average molecular weight is 447 g/mol. The molecule has 0 spiro atoms. The summed E-state index contributed by atoms with van der Waals surface area (Å²) in [4.78, 5) is 39.2. The minimum atomic E-state index is -0.372. The maximum atomic E-state index is 13.2. The zero-order valence-electron chi connectivity index (χ0n) is 18.8. The van der Waals surface area contributed by atoms with E-state index in [1.807, 2.05) is 0 Å². The molecule has 0 atom stereocenters. The van der Waals surface area contributed by atoms with Gasteiger partial charge in [0.15, 0.2) is 23.6 Å². The van der Waals surface area contributed by atoms with Crippen LogP contribution in [0.3, 0.4) is 0 Å². The number of nitrogens with zero attached hydrogens (tertiary/aromatic N) is 1. The maximum absolute atomic E-state index is 13.2. The van der Waals surface area contributed by atoms with E-state index in [0.717, 1.165) is 31.6 Å². The summed E-state index contributed by atoms with van der Waals surface area (Å²) in [7, 11) is 2.99. The molecule has 0 fully saturated rings. The molecule has 0 unspecified atom stereocenters. The molecule has 0 amide bonds. The van der Waals surface area contributed by atoms with E-state index in [-0.39, 0.29) is 33.3 Å². The van der Waals surface area contributed by atoms with E-state index in [4.69, 9.17) is 13.9 Å². The third-order valence-corrected chi connectivity index (χ3v) is 6.07. The molecule has 0 saturated heterocycles. The Kier molecular flexibility index (Phi) is 6.42. The van der Waals surface area contributed by atoms with Gasteiger partial charge in [0.05, 0.1) is 30.7 Å². The van der Waals surface area contributed by atoms with Gasteiger partial charge in [-0.3, -0.25) is 19.3 Å². The molecule has 0 saturated carbocycles. The second-order valence-electron chi connectivity index (χ2n) is 7.75. The Bertz CT molecular complexity index is 1320. The zero-order valence-corrected chi connectivity index (χ0v) is 18.8. The Labute approximate surface area is 191 Å². The van der Waals surface area contributed by atoms with Crippen LogP contribution in [0.2, 0.25) is 0 Å². The number of rotatable bonds is 7. The van der Waals surface area contributed by atoms with Crippen LogP contribution in [0.5, 0.6) is 11.5 Å². The van der Waals surface area contributed by atoms with Crippen LogP contribution >= 0.6 is 0 Å². The maximum Gasteiger partial charge on any atom is 0.194 e. The number of methoxy groups -OCH3 is 2. The summed E-state index contributed by atoms with van der Waals surface area (Å²) < 4.78 is 17.2. The fraction of sp³-hybridized carbons (Fsp3) is 0.269. The van der Waals surface area contributed by atoms with Crippen molar-refractivity contribution in [3.05, 3.63) is 63.3 Å². The van der Waals surface area contributed by atoms with E-state index >= 15 is 0 Å². The van der Waals surface area contributed by atoms with Crippen molar-refractivity contribution in [2.75, 3.05) is 33.9 Å². The molecule has 0 bridgehead atoms. The van der Waals surface area contributed by atoms with Gasteiger partial charge in [0, 0.05) is 30.3 Å². The normalized spacial score (nSPS) is 14.1. The number of likely N-dealkylation sites (N-methyl/N-ethyl adjacent to an activating group) is 1. The summed E-state index contributed by atoms with van der Waals surface area (Å²) in [5.41, 5.74) is 2.44. The van der Waals surface area contributed by atoms with Crippen molar-refractivity contribution in [1.29, 1.82) is 0 Å². The van der Waals surface area contributed by atoms with Gasteiger partial charge in [0.1, 0.15) is 17.3 Å². The number of carbonyl (C=O) groups is 2. The lowest BCUT2D eigenvalue weighted by Crippen LogP contribution is -2.28. The van der Waals surface area contributed by atoms with E-state index < -0.39 is 0 Å². The summed E-state index contributed by atoms with van der Waals surface area (Å²) in [6, 6.07) is 7.96. The molecule has 0 N–H and O–H groups in total. The van der Waals surface area contributed by atoms with Crippen LogP contribution in [0.1, 0.15) is 39.6 Å². The minimum Gasteiger partial charge on any atom is -0.496 e. The van der Waals surface area contributed by atoms with Crippen LogP contribution in [-0.2, 0) is 0 Å². The molecule has 1 aliphatic heterocycles. The number of carbonyl (C=O) groups excluding carboxylic acids is 2. The van der Waals surface area contributed by atoms with Crippen LogP contribution in [0.15, 0.2) is 45.6 Å². The third kappa shape index (κ3) is 3.96. The standard InChI is InChI=1S/C26H25NO6/c1-4-27-10-8-16(9-11-27)25-23(32-3)12-17(14-28)24-20(30)13-22(33-26(24)25)18-6-5-7-21(31-2)19(18)15-29/h5-8,12-15H,4,9-11H2,1-3H3. The highest BCUT2D eigenvalue weighted by atomic mass is 16.5. The molecular weight excluding hydrogens is 422 g/mol. The van der Waals surface area contributed by atoms with Crippen LogP contribution in [-0.4, -0.2) is 51.3 Å². The molecule has 0 aliphatic carbocycles. The van der Waals surface area contributed by atoms with E-state index in [9.17, 15) is 14.4 Å². The highest BCUT2D eigenvalue weighted by Crippen LogP contribution is 2.39.